The molecule has 1 aromatic carbocycles. The lowest BCUT2D eigenvalue weighted by Crippen LogP contribution is -2.27. The summed E-state index contributed by atoms with van der Waals surface area (Å²) in [5.74, 6) is 0.0117. The molecule has 4 heteroatoms. The third kappa shape index (κ3) is 1.41. The Morgan fingerprint density at radius 1 is 1.47 bits per heavy atom. The van der Waals surface area contributed by atoms with Crippen LogP contribution < -0.4 is 11.1 Å². The number of amides is 1. The van der Waals surface area contributed by atoms with E-state index in [1.54, 1.807) is 0 Å². The molecule has 0 aromatic heterocycles. The van der Waals surface area contributed by atoms with E-state index in [0.717, 1.165) is 16.8 Å². The van der Waals surface area contributed by atoms with Crippen LogP contribution in [0.2, 0.25) is 0 Å². The lowest BCUT2D eigenvalue weighted by molar-refractivity contribution is -0.119. The van der Waals surface area contributed by atoms with E-state index in [1.807, 2.05) is 32.0 Å². The maximum atomic E-state index is 11.7. The van der Waals surface area contributed by atoms with Gasteiger partial charge in [0.05, 0.1) is 5.41 Å². The number of rotatable bonds is 1. The summed E-state index contributed by atoms with van der Waals surface area (Å²) in [4.78, 5) is 12.0. The standard InChI is InChI=1S/C11H12N2OS/c1-11(2)7-5-6(9(12)15)3-4-8(7)13-10(11)14/h3-5H,1-2H3,(H2,12,15)(H,13,14). The van der Waals surface area contributed by atoms with Crippen LogP contribution in [0.15, 0.2) is 18.2 Å². The van der Waals surface area contributed by atoms with Crippen molar-refractivity contribution in [2.45, 2.75) is 19.3 Å². The van der Waals surface area contributed by atoms with Gasteiger partial charge in [-0.05, 0) is 37.6 Å². The first-order valence-electron chi connectivity index (χ1n) is 4.68. The highest BCUT2D eigenvalue weighted by molar-refractivity contribution is 7.80. The van der Waals surface area contributed by atoms with Gasteiger partial charge in [0.25, 0.3) is 0 Å². The zero-order chi connectivity index (χ0) is 11.2. The molecule has 1 aliphatic rings. The van der Waals surface area contributed by atoms with Crippen molar-refractivity contribution in [1.29, 1.82) is 0 Å². The average molecular weight is 220 g/mol. The molecule has 3 N–H and O–H groups in total. The SMILES string of the molecule is CC1(C)C(=O)Nc2ccc(C(N)=S)cc21. The number of nitrogens with one attached hydrogen (secondary N) is 1. The molecule has 0 fully saturated rings. The Hall–Kier alpha value is -1.42. The van der Waals surface area contributed by atoms with Gasteiger partial charge in [-0.2, -0.15) is 0 Å². The van der Waals surface area contributed by atoms with Crippen LogP contribution in [0.5, 0.6) is 0 Å². The molecule has 78 valence electrons. The van der Waals surface area contributed by atoms with Crippen LogP contribution in [0.25, 0.3) is 0 Å². The zero-order valence-electron chi connectivity index (χ0n) is 8.63. The predicted octanol–water partition coefficient (Wildman–Crippen LogP) is 1.55. The van der Waals surface area contributed by atoms with Gasteiger partial charge in [0.15, 0.2) is 0 Å². The van der Waals surface area contributed by atoms with Crippen molar-refractivity contribution in [1.82, 2.24) is 0 Å². The Kier molecular flexibility index (Phi) is 2.04. The van der Waals surface area contributed by atoms with Gasteiger partial charge in [-0.1, -0.05) is 12.2 Å². The minimum Gasteiger partial charge on any atom is -0.389 e. The first-order valence-corrected chi connectivity index (χ1v) is 5.09. The number of nitrogens with two attached hydrogens (primary N) is 1. The monoisotopic (exact) mass is 220 g/mol. The van der Waals surface area contributed by atoms with Crippen molar-refractivity contribution >= 4 is 28.8 Å². The van der Waals surface area contributed by atoms with E-state index in [4.69, 9.17) is 18.0 Å². The molecule has 3 nitrogen and oxygen atoms in total. The van der Waals surface area contributed by atoms with Gasteiger partial charge < -0.3 is 11.1 Å². The molecular formula is C11H12N2OS. The summed E-state index contributed by atoms with van der Waals surface area (Å²) in [6.07, 6.45) is 0. The zero-order valence-corrected chi connectivity index (χ0v) is 9.44. The molecule has 1 aliphatic heterocycles. The summed E-state index contributed by atoms with van der Waals surface area (Å²) in [5.41, 5.74) is 7.66. The topological polar surface area (TPSA) is 55.1 Å². The molecule has 1 heterocycles. The Labute approximate surface area is 93.7 Å². The molecular weight excluding hydrogens is 208 g/mol. The molecule has 0 unspecified atom stereocenters. The second-order valence-corrected chi connectivity index (χ2v) is 4.64. The fourth-order valence-electron chi connectivity index (χ4n) is 1.72. The summed E-state index contributed by atoms with van der Waals surface area (Å²) in [5, 5.41) is 2.83. The highest BCUT2D eigenvalue weighted by atomic mass is 32.1. The number of anilines is 1. The first-order chi connectivity index (χ1) is 6.93. The fourth-order valence-corrected chi connectivity index (χ4v) is 1.85. The minimum atomic E-state index is -0.504. The Balaban J connectivity index is 2.59. The van der Waals surface area contributed by atoms with Crippen LogP contribution in [0.3, 0.4) is 0 Å². The molecule has 0 bridgehead atoms. The molecule has 0 saturated heterocycles. The maximum Gasteiger partial charge on any atom is 0.234 e. The molecule has 0 spiro atoms. The van der Waals surface area contributed by atoms with E-state index in [-0.39, 0.29) is 5.91 Å². The minimum absolute atomic E-state index is 0.0117. The second-order valence-electron chi connectivity index (χ2n) is 4.20. The third-order valence-corrected chi connectivity index (χ3v) is 3.03. The predicted molar refractivity (Wildman–Crippen MR) is 64.0 cm³/mol. The van der Waals surface area contributed by atoms with Crippen LogP contribution in [-0.2, 0) is 10.2 Å². The third-order valence-electron chi connectivity index (χ3n) is 2.79. The van der Waals surface area contributed by atoms with Gasteiger partial charge >= 0.3 is 0 Å². The number of carbonyl (C=O) groups excluding carboxylic acids is 1. The summed E-state index contributed by atoms with van der Waals surface area (Å²) < 4.78 is 0. The van der Waals surface area contributed by atoms with E-state index in [9.17, 15) is 4.79 Å². The van der Waals surface area contributed by atoms with E-state index in [1.165, 1.54) is 0 Å². The number of fused-ring (bicyclic) bond motifs is 1. The smallest absolute Gasteiger partial charge is 0.234 e. The summed E-state index contributed by atoms with van der Waals surface area (Å²) in [6.45, 7) is 3.77. The van der Waals surface area contributed by atoms with Crippen molar-refractivity contribution in [3.63, 3.8) is 0 Å². The van der Waals surface area contributed by atoms with Gasteiger partial charge in [0.1, 0.15) is 4.99 Å². The lowest BCUT2D eigenvalue weighted by Gasteiger charge is -2.15. The fraction of sp³-hybridized carbons (Fsp3) is 0.273. The van der Waals surface area contributed by atoms with Gasteiger partial charge in [-0.3, -0.25) is 4.79 Å². The second kappa shape index (κ2) is 3.03. The van der Waals surface area contributed by atoms with Gasteiger partial charge in [0, 0.05) is 11.3 Å². The molecule has 0 aliphatic carbocycles. The van der Waals surface area contributed by atoms with Crippen LogP contribution in [0, 0.1) is 0 Å². The van der Waals surface area contributed by atoms with Crippen molar-refractivity contribution in [3.05, 3.63) is 29.3 Å². The van der Waals surface area contributed by atoms with E-state index >= 15 is 0 Å². The maximum absolute atomic E-state index is 11.7. The van der Waals surface area contributed by atoms with Crippen molar-refractivity contribution in [2.75, 3.05) is 5.32 Å². The molecule has 2 rings (SSSR count). The van der Waals surface area contributed by atoms with Crippen molar-refractivity contribution in [3.8, 4) is 0 Å². The largest absolute Gasteiger partial charge is 0.389 e. The number of benzene rings is 1. The number of carbonyl (C=O) groups is 1. The van der Waals surface area contributed by atoms with E-state index in [2.05, 4.69) is 5.32 Å². The van der Waals surface area contributed by atoms with Gasteiger partial charge in [-0.25, -0.2) is 0 Å². The van der Waals surface area contributed by atoms with E-state index in [0.29, 0.717) is 4.99 Å². The quantitative estimate of drug-likeness (QED) is 0.706. The highest BCUT2D eigenvalue weighted by Crippen LogP contribution is 2.37. The lowest BCUT2D eigenvalue weighted by atomic mass is 9.85. The van der Waals surface area contributed by atoms with Crippen molar-refractivity contribution < 1.29 is 4.79 Å². The summed E-state index contributed by atoms with van der Waals surface area (Å²) >= 11 is 4.91. The molecule has 1 aromatic rings. The van der Waals surface area contributed by atoms with Crippen molar-refractivity contribution in [2.24, 2.45) is 5.73 Å². The highest BCUT2D eigenvalue weighted by Gasteiger charge is 2.38. The average Bonchev–Trinajstić information content (AvgIpc) is 2.38. The van der Waals surface area contributed by atoms with Crippen LogP contribution in [0.1, 0.15) is 25.0 Å². The molecule has 15 heavy (non-hydrogen) atoms. The number of thiocarbonyl (C=S) groups is 1. The normalized spacial score (nSPS) is 17.1. The Morgan fingerprint density at radius 2 is 2.13 bits per heavy atom. The Morgan fingerprint density at radius 3 is 2.73 bits per heavy atom. The first kappa shape index (κ1) is 10.1. The molecule has 0 radical (unpaired) electrons. The molecule has 0 saturated carbocycles. The molecule has 1 amide bonds. The van der Waals surface area contributed by atoms with Crippen LogP contribution in [0.4, 0.5) is 5.69 Å². The van der Waals surface area contributed by atoms with E-state index < -0.39 is 5.41 Å². The van der Waals surface area contributed by atoms with Gasteiger partial charge in [-0.15, -0.1) is 0 Å². The van der Waals surface area contributed by atoms with Crippen LogP contribution in [-0.4, -0.2) is 10.9 Å². The van der Waals surface area contributed by atoms with Gasteiger partial charge in [0.2, 0.25) is 5.91 Å². The number of hydrogen-bond donors (Lipinski definition) is 2. The number of hydrogen-bond acceptors (Lipinski definition) is 2. The summed E-state index contributed by atoms with van der Waals surface area (Å²) in [7, 11) is 0. The summed E-state index contributed by atoms with van der Waals surface area (Å²) in [6, 6.07) is 5.55. The molecule has 0 atom stereocenters. The van der Waals surface area contributed by atoms with Crippen LogP contribution >= 0.6 is 12.2 Å². The Bertz CT molecular complexity index is 466.